The van der Waals surface area contributed by atoms with Crippen LogP contribution in [-0.4, -0.2) is 67.6 Å². The van der Waals surface area contributed by atoms with Crippen LogP contribution in [0.5, 0.6) is 0 Å². The summed E-state index contributed by atoms with van der Waals surface area (Å²) in [5.41, 5.74) is 0.633. The normalized spacial score (nSPS) is 19.2. The molecule has 35 heavy (non-hydrogen) atoms. The van der Waals surface area contributed by atoms with Crippen LogP contribution in [-0.2, 0) is 32.5 Å². The zero-order valence-electron chi connectivity index (χ0n) is 19.7. The summed E-state index contributed by atoms with van der Waals surface area (Å²) >= 11 is 0. The summed E-state index contributed by atoms with van der Waals surface area (Å²) < 4.78 is 76.7. The van der Waals surface area contributed by atoms with Crippen LogP contribution >= 0.6 is 0 Å². The standard InChI is InChI=1S/C22H30F3N5O4S/c1-15(31)26-17-5-9-29(10-6-17)35(32,33)28(2)18-3-4-20-19(13-18)27-21(22(23,24)25)30(20)14-16-7-11-34-12-8-16/h3-4,13,16-17H,5-12,14H2,1-2H3,(H,26,31). The molecule has 3 heterocycles. The second-order valence-electron chi connectivity index (χ2n) is 9.12. The van der Waals surface area contributed by atoms with E-state index in [4.69, 9.17) is 4.74 Å². The first-order valence-electron chi connectivity index (χ1n) is 11.6. The van der Waals surface area contributed by atoms with Crippen LogP contribution in [0.4, 0.5) is 18.9 Å². The fourth-order valence-electron chi connectivity index (χ4n) is 4.73. The zero-order chi connectivity index (χ0) is 25.4. The van der Waals surface area contributed by atoms with Gasteiger partial charge in [0.2, 0.25) is 11.7 Å². The first-order chi connectivity index (χ1) is 16.5. The van der Waals surface area contributed by atoms with Gasteiger partial charge in [-0.1, -0.05) is 0 Å². The number of aromatic nitrogens is 2. The molecule has 0 spiro atoms. The summed E-state index contributed by atoms with van der Waals surface area (Å²) in [5, 5.41) is 2.80. The zero-order valence-corrected chi connectivity index (χ0v) is 20.5. The highest BCUT2D eigenvalue weighted by Crippen LogP contribution is 2.35. The van der Waals surface area contributed by atoms with Gasteiger partial charge in [-0.3, -0.25) is 9.10 Å². The van der Waals surface area contributed by atoms with Crippen LogP contribution in [0.3, 0.4) is 0 Å². The van der Waals surface area contributed by atoms with Gasteiger partial charge in [-0.2, -0.15) is 25.9 Å². The fourth-order valence-corrected chi connectivity index (χ4v) is 6.13. The third kappa shape index (κ3) is 5.56. The van der Waals surface area contributed by atoms with E-state index in [-0.39, 0.29) is 48.7 Å². The average molecular weight is 518 g/mol. The SMILES string of the molecule is CC(=O)NC1CCN(S(=O)(=O)N(C)c2ccc3c(c2)nc(C(F)(F)F)n3CC2CCOCC2)CC1. The molecule has 2 saturated heterocycles. The average Bonchev–Trinajstić information content (AvgIpc) is 3.17. The van der Waals surface area contributed by atoms with E-state index in [2.05, 4.69) is 10.3 Å². The smallest absolute Gasteiger partial charge is 0.381 e. The maximum Gasteiger partial charge on any atom is 0.449 e. The molecule has 1 amide bonds. The molecule has 0 bridgehead atoms. The lowest BCUT2D eigenvalue weighted by molar-refractivity contribution is -0.147. The number of nitrogens with one attached hydrogen (secondary N) is 1. The maximum absolute atomic E-state index is 13.8. The summed E-state index contributed by atoms with van der Waals surface area (Å²) in [7, 11) is -2.53. The molecule has 4 rings (SSSR count). The van der Waals surface area contributed by atoms with Gasteiger partial charge in [0.25, 0.3) is 0 Å². The number of carbonyl (C=O) groups excluding carboxylic acids is 1. The van der Waals surface area contributed by atoms with Crippen molar-refractivity contribution < 1.29 is 31.1 Å². The van der Waals surface area contributed by atoms with Gasteiger partial charge in [-0.15, -0.1) is 0 Å². The Morgan fingerprint density at radius 3 is 2.46 bits per heavy atom. The molecule has 0 aliphatic carbocycles. The van der Waals surface area contributed by atoms with Gasteiger partial charge in [0, 0.05) is 52.9 Å². The molecule has 1 aromatic carbocycles. The highest BCUT2D eigenvalue weighted by molar-refractivity contribution is 7.90. The molecule has 2 aliphatic heterocycles. The summed E-state index contributed by atoms with van der Waals surface area (Å²) in [6.07, 6.45) is -2.32. The Balaban J connectivity index is 1.58. The van der Waals surface area contributed by atoms with Crippen molar-refractivity contribution in [2.24, 2.45) is 5.92 Å². The monoisotopic (exact) mass is 517 g/mol. The van der Waals surface area contributed by atoms with Crippen LogP contribution < -0.4 is 9.62 Å². The third-order valence-corrected chi connectivity index (χ3v) is 8.59. The van der Waals surface area contributed by atoms with Crippen LogP contribution in [0.1, 0.15) is 38.4 Å². The molecule has 13 heteroatoms. The number of ether oxygens (including phenoxy) is 1. The summed E-state index contributed by atoms with van der Waals surface area (Å²) in [6.45, 7) is 3.10. The second-order valence-corrected chi connectivity index (χ2v) is 11.1. The van der Waals surface area contributed by atoms with Crippen LogP contribution in [0.25, 0.3) is 11.0 Å². The van der Waals surface area contributed by atoms with Gasteiger partial charge in [0.1, 0.15) is 0 Å². The Labute approximate surface area is 202 Å². The van der Waals surface area contributed by atoms with Crippen molar-refractivity contribution in [3.8, 4) is 0 Å². The van der Waals surface area contributed by atoms with E-state index in [9.17, 15) is 26.4 Å². The number of alkyl halides is 3. The largest absolute Gasteiger partial charge is 0.449 e. The van der Waals surface area contributed by atoms with Crippen molar-refractivity contribution in [2.45, 2.75) is 51.4 Å². The number of halogens is 3. The minimum atomic E-state index is -4.64. The highest BCUT2D eigenvalue weighted by atomic mass is 32.2. The molecule has 2 aromatic rings. The lowest BCUT2D eigenvalue weighted by Crippen LogP contribution is -2.49. The molecule has 0 radical (unpaired) electrons. The predicted molar refractivity (Wildman–Crippen MR) is 124 cm³/mol. The molecule has 1 N–H and O–H groups in total. The third-order valence-electron chi connectivity index (χ3n) is 6.66. The van der Waals surface area contributed by atoms with Crippen molar-refractivity contribution >= 4 is 32.8 Å². The molecule has 2 fully saturated rings. The topological polar surface area (TPSA) is 96.8 Å². The highest BCUT2D eigenvalue weighted by Gasteiger charge is 2.38. The maximum atomic E-state index is 13.8. The summed E-state index contributed by atoms with van der Waals surface area (Å²) in [5.74, 6) is -1.10. The number of hydrogen-bond donors (Lipinski definition) is 1. The Kier molecular flexibility index (Phi) is 7.30. The number of carbonyl (C=O) groups is 1. The number of benzene rings is 1. The lowest BCUT2D eigenvalue weighted by atomic mass is 10.0. The Morgan fingerprint density at radius 1 is 1.20 bits per heavy atom. The number of hydrogen-bond acceptors (Lipinski definition) is 5. The number of piperidine rings is 1. The molecule has 0 saturated carbocycles. The van der Waals surface area contributed by atoms with Crippen LogP contribution in [0.15, 0.2) is 18.2 Å². The van der Waals surface area contributed by atoms with Gasteiger partial charge in [-0.25, -0.2) is 4.98 Å². The van der Waals surface area contributed by atoms with E-state index in [1.165, 1.54) is 41.0 Å². The Bertz CT molecular complexity index is 1170. The van der Waals surface area contributed by atoms with E-state index in [1.54, 1.807) is 0 Å². The van der Waals surface area contributed by atoms with E-state index in [0.29, 0.717) is 44.4 Å². The lowest BCUT2D eigenvalue weighted by Gasteiger charge is -2.34. The number of imidazole rings is 1. The van der Waals surface area contributed by atoms with Crippen molar-refractivity contribution in [2.75, 3.05) is 37.7 Å². The molecule has 0 unspecified atom stereocenters. The van der Waals surface area contributed by atoms with Crippen molar-refractivity contribution in [1.29, 1.82) is 0 Å². The summed E-state index contributed by atoms with van der Waals surface area (Å²) in [4.78, 5) is 15.1. The van der Waals surface area contributed by atoms with E-state index in [1.807, 2.05) is 0 Å². The van der Waals surface area contributed by atoms with E-state index >= 15 is 0 Å². The van der Waals surface area contributed by atoms with Crippen molar-refractivity contribution in [3.05, 3.63) is 24.0 Å². The molecule has 1 aromatic heterocycles. The Morgan fingerprint density at radius 2 is 1.86 bits per heavy atom. The van der Waals surface area contributed by atoms with Gasteiger partial charge in [-0.05, 0) is 49.8 Å². The van der Waals surface area contributed by atoms with E-state index < -0.39 is 22.2 Å². The number of fused-ring (bicyclic) bond motifs is 1. The number of nitrogens with zero attached hydrogens (tertiary/aromatic N) is 4. The van der Waals surface area contributed by atoms with Gasteiger partial charge < -0.3 is 14.6 Å². The molecule has 194 valence electrons. The number of amides is 1. The predicted octanol–water partition coefficient (Wildman–Crippen LogP) is 2.76. The van der Waals surface area contributed by atoms with Gasteiger partial charge >= 0.3 is 16.4 Å². The molecular formula is C22H30F3N5O4S. The summed E-state index contributed by atoms with van der Waals surface area (Å²) in [6, 6.07) is 4.31. The van der Waals surface area contributed by atoms with Crippen molar-refractivity contribution in [1.82, 2.24) is 19.2 Å². The van der Waals surface area contributed by atoms with Crippen molar-refractivity contribution in [3.63, 3.8) is 0 Å². The van der Waals surface area contributed by atoms with Crippen LogP contribution in [0, 0.1) is 5.92 Å². The first kappa shape index (κ1) is 25.7. The van der Waals surface area contributed by atoms with Gasteiger partial charge in [0.05, 0.1) is 16.7 Å². The molecule has 0 atom stereocenters. The molecular weight excluding hydrogens is 487 g/mol. The van der Waals surface area contributed by atoms with Gasteiger partial charge in [0.15, 0.2) is 0 Å². The van der Waals surface area contributed by atoms with Crippen LogP contribution in [0.2, 0.25) is 0 Å². The first-order valence-corrected chi connectivity index (χ1v) is 13.0. The quantitative estimate of drug-likeness (QED) is 0.636. The molecule has 2 aliphatic rings. The molecule has 9 nitrogen and oxygen atoms in total. The van der Waals surface area contributed by atoms with E-state index in [0.717, 1.165) is 4.31 Å². The fraction of sp³-hybridized carbons (Fsp3) is 0.636. The second kappa shape index (κ2) is 9.94. The number of rotatable bonds is 6. The minimum absolute atomic E-state index is 0.0467. The Hall–Kier alpha value is -2.38. The number of anilines is 1. The minimum Gasteiger partial charge on any atom is -0.381 e.